The number of nitrogens with zero attached hydrogens (tertiary/aromatic N) is 3. The van der Waals surface area contributed by atoms with Gasteiger partial charge in [0, 0.05) is 11.3 Å². The van der Waals surface area contributed by atoms with Gasteiger partial charge in [0.2, 0.25) is 5.91 Å². The molecule has 1 heterocycles. The number of halogens is 1. The number of nitrogens with two attached hydrogens (primary N) is 1. The van der Waals surface area contributed by atoms with Gasteiger partial charge in [0.25, 0.3) is 0 Å². The van der Waals surface area contributed by atoms with E-state index < -0.39 is 11.2 Å². The molecule has 1 unspecified atom stereocenters. The van der Waals surface area contributed by atoms with Crippen LogP contribution in [0, 0.1) is 5.82 Å². The lowest BCUT2D eigenvalue weighted by Crippen LogP contribution is -2.23. The van der Waals surface area contributed by atoms with Gasteiger partial charge in [-0.1, -0.05) is 42.1 Å². The van der Waals surface area contributed by atoms with E-state index in [2.05, 4.69) is 10.2 Å². The first-order valence-electron chi connectivity index (χ1n) is 7.29. The first kappa shape index (κ1) is 16.2. The quantitative estimate of drug-likeness (QED) is 0.723. The first-order chi connectivity index (χ1) is 11.6. The molecule has 0 fully saturated rings. The van der Waals surface area contributed by atoms with E-state index in [1.54, 1.807) is 23.6 Å². The number of carbonyl (C=O) groups is 1. The average molecular weight is 342 g/mol. The minimum absolute atomic E-state index is 0.326. The molecule has 0 bridgehead atoms. The van der Waals surface area contributed by atoms with Crippen LogP contribution in [0.5, 0.6) is 0 Å². The van der Waals surface area contributed by atoms with E-state index in [1.165, 1.54) is 23.9 Å². The van der Waals surface area contributed by atoms with Gasteiger partial charge in [-0.15, -0.1) is 10.2 Å². The van der Waals surface area contributed by atoms with Gasteiger partial charge in [-0.2, -0.15) is 0 Å². The number of primary amides is 1. The largest absolute Gasteiger partial charge is 0.369 e. The van der Waals surface area contributed by atoms with E-state index in [9.17, 15) is 9.18 Å². The van der Waals surface area contributed by atoms with E-state index in [-0.39, 0.29) is 5.82 Å². The fourth-order valence-corrected chi connectivity index (χ4v) is 2.98. The number of amides is 1. The van der Waals surface area contributed by atoms with Crippen LogP contribution in [0.4, 0.5) is 4.39 Å². The third kappa shape index (κ3) is 3.30. The molecule has 0 aliphatic carbocycles. The summed E-state index contributed by atoms with van der Waals surface area (Å²) in [4.78, 5) is 11.4. The van der Waals surface area contributed by atoms with Crippen LogP contribution in [-0.4, -0.2) is 25.9 Å². The smallest absolute Gasteiger partial charge is 0.230 e. The number of hydrogen-bond acceptors (Lipinski definition) is 4. The molecule has 3 aromatic rings. The molecule has 1 amide bonds. The zero-order valence-electron chi connectivity index (χ0n) is 12.9. The molecule has 2 aromatic carbocycles. The number of hydrogen-bond donors (Lipinski definition) is 1. The molecule has 3 rings (SSSR count). The maximum Gasteiger partial charge on any atom is 0.230 e. The predicted octanol–water partition coefficient (Wildman–Crippen LogP) is 3.04. The minimum atomic E-state index is -0.461. The maximum absolute atomic E-state index is 13.3. The molecule has 5 nitrogen and oxygen atoms in total. The standard InChI is InChI=1S/C17H15FN4OS/c1-11(15(19)23)24-17-21-20-16(12-5-3-2-4-6-12)22(17)14-9-7-13(18)8-10-14/h2-11H,1H3,(H2,19,23). The molecule has 7 heteroatoms. The molecule has 1 atom stereocenters. The van der Waals surface area contributed by atoms with Crippen LogP contribution >= 0.6 is 11.8 Å². The predicted molar refractivity (Wildman–Crippen MR) is 91.3 cm³/mol. The summed E-state index contributed by atoms with van der Waals surface area (Å²) in [6, 6.07) is 15.6. The molecule has 122 valence electrons. The molecule has 0 spiro atoms. The van der Waals surface area contributed by atoms with Gasteiger partial charge in [0.1, 0.15) is 5.82 Å². The Labute approximate surface area is 142 Å². The number of benzene rings is 2. The summed E-state index contributed by atoms with van der Waals surface area (Å²) < 4.78 is 15.1. The highest BCUT2D eigenvalue weighted by atomic mass is 32.2. The van der Waals surface area contributed by atoms with E-state index in [0.717, 1.165) is 5.56 Å². The number of aromatic nitrogens is 3. The van der Waals surface area contributed by atoms with Gasteiger partial charge in [0.05, 0.1) is 5.25 Å². The Morgan fingerprint density at radius 1 is 1.12 bits per heavy atom. The van der Waals surface area contributed by atoms with Crippen molar-refractivity contribution >= 4 is 17.7 Å². The summed E-state index contributed by atoms with van der Waals surface area (Å²) in [5.74, 6) is -0.149. The van der Waals surface area contributed by atoms with Gasteiger partial charge in [-0.3, -0.25) is 9.36 Å². The molecule has 0 saturated heterocycles. The summed E-state index contributed by atoms with van der Waals surface area (Å²) in [5.41, 5.74) is 6.92. The van der Waals surface area contributed by atoms with E-state index in [1.807, 2.05) is 30.3 Å². The highest BCUT2D eigenvalue weighted by molar-refractivity contribution is 8.00. The molecule has 0 aliphatic heterocycles. The normalized spacial score (nSPS) is 12.1. The summed E-state index contributed by atoms with van der Waals surface area (Å²) in [6.45, 7) is 1.71. The Morgan fingerprint density at radius 2 is 1.79 bits per heavy atom. The maximum atomic E-state index is 13.3. The van der Waals surface area contributed by atoms with Gasteiger partial charge in [-0.25, -0.2) is 4.39 Å². The lowest BCUT2D eigenvalue weighted by atomic mass is 10.2. The van der Waals surface area contributed by atoms with Crippen molar-refractivity contribution < 1.29 is 9.18 Å². The third-order valence-corrected chi connectivity index (χ3v) is 4.49. The molecule has 0 aliphatic rings. The Kier molecular flexibility index (Phi) is 4.61. The molecule has 24 heavy (non-hydrogen) atoms. The number of carbonyl (C=O) groups excluding carboxylic acids is 1. The fourth-order valence-electron chi connectivity index (χ4n) is 2.16. The van der Waals surface area contributed by atoms with Gasteiger partial charge in [0.15, 0.2) is 11.0 Å². The SMILES string of the molecule is CC(Sc1nnc(-c2ccccc2)n1-c1ccc(F)cc1)C(N)=O. The summed E-state index contributed by atoms with van der Waals surface area (Å²) >= 11 is 1.21. The molecule has 0 saturated carbocycles. The lowest BCUT2D eigenvalue weighted by Gasteiger charge is -2.12. The average Bonchev–Trinajstić information content (AvgIpc) is 3.00. The van der Waals surface area contributed by atoms with Crippen molar-refractivity contribution in [3.05, 3.63) is 60.4 Å². The van der Waals surface area contributed by atoms with Crippen LogP contribution < -0.4 is 5.73 Å². The number of thioether (sulfide) groups is 1. The molecule has 0 radical (unpaired) electrons. The van der Waals surface area contributed by atoms with E-state index in [0.29, 0.717) is 16.7 Å². The molecule has 1 aromatic heterocycles. The van der Waals surface area contributed by atoms with Crippen LogP contribution in [0.1, 0.15) is 6.92 Å². The van der Waals surface area contributed by atoms with Crippen LogP contribution in [0.2, 0.25) is 0 Å². The van der Waals surface area contributed by atoms with Crippen molar-refractivity contribution in [3.8, 4) is 17.1 Å². The second-order valence-corrected chi connectivity index (χ2v) is 6.45. The number of rotatable bonds is 5. The Hall–Kier alpha value is -2.67. The van der Waals surface area contributed by atoms with Crippen molar-refractivity contribution in [2.75, 3.05) is 0 Å². The second-order valence-electron chi connectivity index (χ2n) is 5.15. The van der Waals surface area contributed by atoms with Crippen molar-refractivity contribution in [1.82, 2.24) is 14.8 Å². The van der Waals surface area contributed by atoms with Crippen molar-refractivity contribution in [2.24, 2.45) is 5.73 Å². The molecule has 2 N–H and O–H groups in total. The summed E-state index contributed by atoms with van der Waals surface area (Å²) in [5, 5.41) is 8.49. The highest BCUT2D eigenvalue weighted by Crippen LogP contribution is 2.30. The monoisotopic (exact) mass is 342 g/mol. The van der Waals surface area contributed by atoms with E-state index >= 15 is 0 Å². The van der Waals surface area contributed by atoms with Crippen LogP contribution in [0.25, 0.3) is 17.1 Å². The van der Waals surface area contributed by atoms with Crippen molar-refractivity contribution in [1.29, 1.82) is 0 Å². The Morgan fingerprint density at radius 3 is 2.42 bits per heavy atom. The zero-order chi connectivity index (χ0) is 17.1. The van der Waals surface area contributed by atoms with Crippen LogP contribution in [-0.2, 0) is 4.79 Å². The first-order valence-corrected chi connectivity index (χ1v) is 8.17. The topological polar surface area (TPSA) is 73.8 Å². The van der Waals surface area contributed by atoms with Gasteiger partial charge in [-0.05, 0) is 31.2 Å². The van der Waals surface area contributed by atoms with Crippen LogP contribution in [0.15, 0.2) is 59.8 Å². The van der Waals surface area contributed by atoms with Crippen molar-refractivity contribution in [2.45, 2.75) is 17.3 Å². The highest BCUT2D eigenvalue weighted by Gasteiger charge is 2.20. The summed E-state index contributed by atoms with van der Waals surface area (Å²) in [7, 11) is 0. The molecular weight excluding hydrogens is 327 g/mol. The van der Waals surface area contributed by atoms with E-state index in [4.69, 9.17) is 5.73 Å². The molecular formula is C17H15FN4OS. The lowest BCUT2D eigenvalue weighted by molar-refractivity contribution is -0.117. The summed E-state index contributed by atoms with van der Waals surface area (Å²) in [6.07, 6.45) is 0. The zero-order valence-corrected chi connectivity index (χ0v) is 13.7. The second kappa shape index (κ2) is 6.84. The Balaban J connectivity index is 2.12. The van der Waals surface area contributed by atoms with Crippen molar-refractivity contribution in [3.63, 3.8) is 0 Å². The fraction of sp³-hybridized carbons (Fsp3) is 0.118. The van der Waals surface area contributed by atoms with Gasteiger partial charge < -0.3 is 5.73 Å². The Bertz CT molecular complexity index is 849. The minimum Gasteiger partial charge on any atom is -0.369 e. The van der Waals surface area contributed by atoms with Crippen LogP contribution in [0.3, 0.4) is 0 Å². The third-order valence-electron chi connectivity index (χ3n) is 3.43. The van der Waals surface area contributed by atoms with Gasteiger partial charge >= 0.3 is 0 Å².